The average Bonchev–Trinajstić information content (AvgIpc) is 2.38. The van der Waals surface area contributed by atoms with Gasteiger partial charge in [-0.25, -0.2) is 0 Å². The number of aliphatic hydroxyl groups is 1. The van der Waals surface area contributed by atoms with Gasteiger partial charge in [-0.1, -0.05) is 49.2 Å². The number of carbonyl (C=O) groups excluding carboxylic acids is 1. The lowest BCUT2D eigenvalue weighted by molar-refractivity contribution is -0.121. The molecular weight excluding hydrogens is 297 g/mol. The van der Waals surface area contributed by atoms with E-state index in [1.165, 1.54) is 0 Å². The van der Waals surface area contributed by atoms with Gasteiger partial charge in [0.15, 0.2) is 0 Å². The number of hydrogen-bond donors (Lipinski definition) is 2. The van der Waals surface area contributed by atoms with Crippen molar-refractivity contribution in [2.45, 2.75) is 33.1 Å². The number of nitrogens with one attached hydrogen (secondary N) is 1. The standard InChI is InChI=1S/C15H21Cl2NO2/c1-15(2,8-9-19)10-18-13(20)7-6-11-4-3-5-12(16)14(11)17/h3-5,19H,6-10H2,1-2H3,(H,18,20). The van der Waals surface area contributed by atoms with Crippen molar-refractivity contribution in [2.75, 3.05) is 13.2 Å². The molecule has 0 heterocycles. The quantitative estimate of drug-likeness (QED) is 0.809. The molecule has 0 aliphatic heterocycles. The molecule has 0 atom stereocenters. The first-order valence-corrected chi connectivity index (χ1v) is 7.42. The van der Waals surface area contributed by atoms with Crippen LogP contribution in [0.1, 0.15) is 32.3 Å². The fourth-order valence-electron chi connectivity index (χ4n) is 1.81. The maximum Gasteiger partial charge on any atom is 0.220 e. The van der Waals surface area contributed by atoms with Gasteiger partial charge in [0.25, 0.3) is 0 Å². The van der Waals surface area contributed by atoms with E-state index in [0.29, 0.717) is 35.9 Å². The zero-order valence-corrected chi connectivity index (χ0v) is 13.4. The number of aliphatic hydroxyl groups excluding tert-OH is 1. The van der Waals surface area contributed by atoms with E-state index in [-0.39, 0.29) is 17.9 Å². The van der Waals surface area contributed by atoms with Crippen LogP contribution in [0.4, 0.5) is 0 Å². The summed E-state index contributed by atoms with van der Waals surface area (Å²) in [6.45, 7) is 4.70. The van der Waals surface area contributed by atoms with E-state index in [2.05, 4.69) is 5.32 Å². The molecule has 1 aromatic rings. The van der Waals surface area contributed by atoms with Gasteiger partial charge in [-0.2, -0.15) is 0 Å². The van der Waals surface area contributed by atoms with E-state index in [9.17, 15) is 4.79 Å². The molecule has 0 aromatic heterocycles. The minimum absolute atomic E-state index is 0.0212. The van der Waals surface area contributed by atoms with Crippen LogP contribution in [-0.4, -0.2) is 24.2 Å². The second kappa shape index (κ2) is 7.87. The third kappa shape index (κ3) is 5.70. The Balaban J connectivity index is 2.42. The van der Waals surface area contributed by atoms with E-state index in [1.807, 2.05) is 26.0 Å². The molecule has 1 rings (SSSR count). The van der Waals surface area contributed by atoms with E-state index in [4.69, 9.17) is 28.3 Å². The van der Waals surface area contributed by atoms with Crippen molar-refractivity contribution in [2.24, 2.45) is 5.41 Å². The van der Waals surface area contributed by atoms with Crippen LogP contribution in [0.15, 0.2) is 18.2 Å². The minimum Gasteiger partial charge on any atom is -0.396 e. The van der Waals surface area contributed by atoms with Crippen molar-refractivity contribution in [1.82, 2.24) is 5.32 Å². The fraction of sp³-hybridized carbons (Fsp3) is 0.533. The number of benzene rings is 1. The lowest BCUT2D eigenvalue weighted by Crippen LogP contribution is -2.34. The van der Waals surface area contributed by atoms with Crippen LogP contribution in [0.5, 0.6) is 0 Å². The number of halogens is 2. The molecule has 1 aromatic carbocycles. The highest BCUT2D eigenvalue weighted by Gasteiger charge is 2.18. The summed E-state index contributed by atoms with van der Waals surface area (Å²) in [6.07, 6.45) is 1.59. The van der Waals surface area contributed by atoms with Crippen LogP contribution in [0.3, 0.4) is 0 Å². The molecule has 1 amide bonds. The summed E-state index contributed by atoms with van der Waals surface area (Å²) in [5, 5.41) is 12.8. The van der Waals surface area contributed by atoms with Gasteiger partial charge in [0.1, 0.15) is 0 Å². The summed E-state index contributed by atoms with van der Waals surface area (Å²) >= 11 is 12.0. The monoisotopic (exact) mass is 317 g/mol. The first-order valence-electron chi connectivity index (χ1n) is 6.66. The van der Waals surface area contributed by atoms with Gasteiger partial charge in [-0.3, -0.25) is 4.79 Å². The van der Waals surface area contributed by atoms with Gasteiger partial charge < -0.3 is 10.4 Å². The molecule has 0 bridgehead atoms. The summed E-state index contributed by atoms with van der Waals surface area (Å²) in [5.74, 6) is -0.0212. The molecule has 0 aliphatic rings. The Bertz CT molecular complexity index is 461. The van der Waals surface area contributed by atoms with Crippen LogP contribution in [0.25, 0.3) is 0 Å². The van der Waals surface area contributed by atoms with Crippen LogP contribution in [0.2, 0.25) is 10.0 Å². The highest BCUT2D eigenvalue weighted by atomic mass is 35.5. The van der Waals surface area contributed by atoms with Gasteiger partial charge in [0, 0.05) is 19.6 Å². The largest absolute Gasteiger partial charge is 0.396 e. The predicted octanol–water partition coefficient (Wildman–Crippen LogP) is 3.45. The topological polar surface area (TPSA) is 49.3 Å². The maximum atomic E-state index is 11.8. The molecule has 3 nitrogen and oxygen atoms in total. The second-order valence-electron chi connectivity index (χ2n) is 5.63. The van der Waals surface area contributed by atoms with Crippen molar-refractivity contribution >= 4 is 29.1 Å². The zero-order chi connectivity index (χ0) is 15.2. The van der Waals surface area contributed by atoms with E-state index >= 15 is 0 Å². The van der Waals surface area contributed by atoms with E-state index < -0.39 is 0 Å². The Morgan fingerprint density at radius 2 is 2.05 bits per heavy atom. The zero-order valence-electron chi connectivity index (χ0n) is 11.9. The Hall–Kier alpha value is -0.770. The molecule has 0 aliphatic carbocycles. The summed E-state index contributed by atoms with van der Waals surface area (Å²) in [5.41, 5.74) is 0.780. The van der Waals surface area contributed by atoms with Crippen molar-refractivity contribution in [3.8, 4) is 0 Å². The Morgan fingerprint density at radius 3 is 2.70 bits per heavy atom. The molecule has 0 radical (unpaired) electrons. The predicted molar refractivity (Wildman–Crippen MR) is 83.3 cm³/mol. The molecule has 0 fully saturated rings. The van der Waals surface area contributed by atoms with Crippen molar-refractivity contribution in [3.05, 3.63) is 33.8 Å². The van der Waals surface area contributed by atoms with E-state index in [1.54, 1.807) is 6.07 Å². The molecule has 112 valence electrons. The maximum absolute atomic E-state index is 11.8. The smallest absolute Gasteiger partial charge is 0.220 e. The second-order valence-corrected chi connectivity index (χ2v) is 6.41. The number of hydrogen-bond acceptors (Lipinski definition) is 2. The van der Waals surface area contributed by atoms with Gasteiger partial charge in [0.2, 0.25) is 5.91 Å². The van der Waals surface area contributed by atoms with Crippen LogP contribution >= 0.6 is 23.2 Å². The van der Waals surface area contributed by atoms with E-state index in [0.717, 1.165) is 5.56 Å². The molecule has 2 N–H and O–H groups in total. The SMILES string of the molecule is CC(C)(CCO)CNC(=O)CCc1cccc(Cl)c1Cl. The summed E-state index contributed by atoms with van der Waals surface area (Å²) < 4.78 is 0. The lowest BCUT2D eigenvalue weighted by Gasteiger charge is -2.23. The molecular formula is C15H21Cl2NO2. The lowest BCUT2D eigenvalue weighted by atomic mass is 9.90. The number of amides is 1. The fourth-order valence-corrected chi connectivity index (χ4v) is 2.22. The van der Waals surface area contributed by atoms with Crippen molar-refractivity contribution in [3.63, 3.8) is 0 Å². The molecule has 0 spiro atoms. The third-order valence-corrected chi connectivity index (χ3v) is 4.06. The molecule has 0 saturated carbocycles. The van der Waals surface area contributed by atoms with Crippen LogP contribution < -0.4 is 5.32 Å². The summed E-state index contributed by atoms with van der Waals surface area (Å²) in [6, 6.07) is 5.42. The highest BCUT2D eigenvalue weighted by molar-refractivity contribution is 6.42. The van der Waals surface area contributed by atoms with Gasteiger partial charge in [-0.15, -0.1) is 0 Å². The Kier molecular flexibility index (Phi) is 6.80. The molecule has 0 saturated heterocycles. The molecule has 20 heavy (non-hydrogen) atoms. The number of rotatable bonds is 7. The summed E-state index contributed by atoms with van der Waals surface area (Å²) in [4.78, 5) is 11.8. The first-order chi connectivity index (χ1) is 9.35. The van der Waals surface area contributed by atoms with Gasteiger partial charge in [0.05, 0.1) is 10.0 Å². The normalized spacial score (nSPS) is 11.4. The Morgan fingerprint density at radius 1 is 1.35 bits per heavy atom. The van der Waals surface area contributed by atoms with Crippen LogP contribution in [0, 0.1) is 5.41 Å². The Labute approximate surface area is 130 Å². The molecule has 0 unspecified atom stereocenters. The average molecular weight is 318 g/mol. The third-order valence-electron chi connectivity index (χ3n) is 3.21. The van der Waals surface area contributed by atoms with Crippen molar-refractivity contribution < 1.29 is 9.90 Å². The first kappa shape index (κ1) is 17.3. The summed E-state index contributed by atoms with van der Waals surface area (Å²) in [7, 11) is 0. The van der Waals surface area contributed by atoms with Gasteiger partial charge >= 0.3 is 0 Å². The minimum atomic E-state index is -0.0991. The van der Waals surface area contributed by atoms with Crippen molar-refractivity contribution in [1.29, 1.82) is 0 Å². The number of aryl methyl sites for hydroxylation is 1. The number of carbonyl (C=O) groups is 1. The van der Waals surface area contributed by atoms with Crippen LogP contribution in [-0.2, 0) is 11.2 Å². The highest BCUT2D eigenvalue weighted by Crippen LogP contribution is 2.26. The molecule has 5 heteroatoms. The van der Waals surface area contributed by atoms with Gasteiger partial charge in [-0.05, 0) is 29.9 Å².